The number of pyridine rings is 1. The van der Waals surface area contributed by atoms with E-state index in [9.17, 15) is 13.5 Å². The number of sulfonamides is 1. The van der Waals surface area contributed by atoms with Crippen LogP contribution >= 0.6 is 0 Å². The van der Waals surface area contributed by atoms with Crippen molar-refractivity contribution in [1.29, 1.82) is 0 Å². The number of phenols is 1. The Hall–Kier alpha value is -2.48. The Morgan fingerprint density at radius 1 is 1.10 bits per heavy atom. The summed E-state index contributed by atoms with van der Waals surface area (Å²) >= 11 is 0. The number of likely N-dealkylation sites (tertiary alicyclic amines) is 1. The number of hydrogen-bond acceptors (Lipinski definition) is 5. The van der Waals surface area contributed by atoms with Crippen LogP contribution in [0.25, 0.3) is 10.9 Å². The number of nitrogens with zero attached hydrogens (tertiary/aromatic N) is 2. The molecular formula is C22H25N3O3S. The molecule has 0 saturated carbocycles. The zero-order valence-corrected chi connectivity index (χ0v) is 17.0. The summed E-state index contributed by atoms with van der Waals surface area (Å²) in [6, 6.07) is 16.2. The van der Waals surface area contributed by atoms with Crippen molar-refractivity contribution in [3.05, 3.63) is 66.4 Å². The van der Waals surface area contributed by atoms with Crippen molar-refractivity contribution in [2.75, 3.05) is 19.6 Å². The predicted octanol–water partition coefficient (Wildman–Crippen LogP) is 3.13. The van der Waals surface area contributed by atoms with E-state index in [-0.39, 0.29) is 10.8 Å². The van der Waals surface area contributed by atoms with Gasteiger partial charge in [0.05, 0.1) is 5.52 Å². The van der Waals surface area contributed by atoms with Crippen molar-refractivity contribution in [2.45, 2.75) is 24.3 Å². The molecule has 0 aliphatic carbocycles. The second-order valence-electron chi connectivity index (χ2n) is 7.56. The maximum Gasteiger partial charge on any atom is 0.242 e. The van der Waals surface area contributed by atoms with Gasteiger partial charge in [-0.3, -0.25) is 9.88 Å². The average molecular weight is 412 g/mol. The lowest BCUT2D eigenvalue weighted by Gasteiger charge is -2.33. The van der Waals surface area contributed by atoms with Crippen LogP contribution in [-0.2, 0) is 16.6 Å². The van der Waals surface area contributed by atoms with Gasteiger partial charge < -0.3 is 5.11 Å². The molecule has 2 N–H and O–H groups in total. The minimum atomic E-state index is -3.64. The van der Waals surface area contributed by atoms with Crippen molar-refractivity contribution < 1.29 is 13.5 Å². The highest BCUT2D eigenvalue weighted by Gasteiger charge is 2.24. The van der Waals surface area contributed by atoms with E-state index >= 15 is 0 Å². The third kappa shape index (κ3) is 4.58. The highest BCUT2D eigenvalue weighted by Crippen LogP contribution is 2.24. The van der Waals surface area contributed by atoms with Gasteiger partial charge in [0.2, 0.25) is 10.0 Å². The largest absolute Gasteiger partial charge is 0.508 e. The Morgan fingerprint density at radius 3 is 2.79 bits per heavy atom. The molecule has 0 spiro atoms. The molecule has 0 radical (unpaired) electrons. The monoisotopic (exact) mass is 411 g/mol. The Balaban J connectivity index is 1.42. The minimum absolute atomic E-state index is 0.220. The SMILES string of the molecule is O=S(=O)(NC[C@H]1CCCN(Cc2ccccc2O)C1)c1cccc2cccnc12. The molecule has 0 bridgehead atoms. The summed E-state index contributed by atoms with van der Waals surface area (Å²) in [4.78, 5) is 6.75. The van der Waals surface area contributed by atoms with Gasteiger partial charge >= 0.3 is 0 Å². The number of aromatic hydroxyl groups is 1. The number of rotatable bonds is 6. The molecule has 3 aromatic rings. The first-order valence-corrected chi connectivity index (χ1v) is 11.3. The van der Waals surface area contributed by atoms with Gasteiger partial charge in [0.15, 0.2) is 0 Å². The molecule has 1 aliphatic heterocycles. The maximum atomic E-state index is 12.9. The van der Waals surface area contributed by atoms with Gasteiger partial charge in [-0.15, -0.1) is 0 Å². The summed E-state index contributed by atoms with van der Waals surface area (Å²) < 4.78 is 28.6. The number of benzene rings is 2. The molecular weight excluding hydrogens is 386 g/mol. The third-order valence-electron chi connectivity index (χ3n) is 5.44. The van der Waals surface area contributed by atoms with Gasteiger partial charge in [-0.1, -0.05) is 36.4 Å². The lowest BCUT2D eigenvalue weighted by atomic mass is 9.98. The molecule has 4 rings (SSSR count). The first-order valence-electron chi connectivity index (χ1n) is 9.85. The molecule has 1 fully saturated rings. The molecule has 1 saturated heterocycles. The Kier molecular flexibility index (Phi) is 5.80. The number of para-hydroxylation sites is 2. The molecule has 2 aromatic carbocycles. The molecule has 2 heterocycles. The fourth-order valence-corrected chi connectivity index (χ4v) is 5.24. The lowest BCUT2D eigenvalue weighted by Crippen LogP contribution is -2.40. The number of phenolic OH excluding ortho intramolecular Hbond substituents is 1. The normalized spacial score (nSPS) is 18.1. The first kappa shape index (κ1) is 19.8. The average Bonchev–Trinajstić information content (AvgIpc) is 2.74. The highest BCUT2D eigenvalue weighted by molar-refractivity contribution is 7.89. The standard InChI is InChI=1S/C22H25N3O3S/c26-20-10-2-1-7-19(20)16-25-13-5-6-17(15-25)14-24-29(27,28)21-11-3-8-18-9-4-12-23-22(18)21/h1-4,7-12,17,24,26H,5-6,13-16H2/t17-/m1/s1. The molecule has 1 atom stereocenters. The van der Waals surface area contributed by atoms with E-state index in [1.807, 2.05) is 30.3 Å². The summed E-state index contributed by atoms with van der Waals surface area (Å²) in [5.41, 5.74) is 1.39. The van der Waals surface area contributed by atoms with Crippen LogP contribution in [0.1, 0.15) is 18.4 Å². The topological polar surface area (TPSA) is 82.5 Å². The zero-order chi connectivity index (χ0) is 20.3. The van der Waals surface area contributed by atoms with E-state index in [1.54, 1.807) is 30.5 Å². The number of fused-ring (bicyclic) bond motifs is 1. The summed E-state index contributed by atoms with van der Waals surface area (Å²) in [5.74, 6) is 0.533. The van der Waals surface area contributed by atoms with Crippen molar-refractivity contribution in [3.63, 3.8) is 0 Å². The molecule has 7 heteroatoms. The van der Waals surface area contributed by atoms with E-state index in [0.717, 1.165) is 36.9 Å². The quantitative estimate of drug-likeness (QED) is 0.651. The van der Waals surface area contributed by atoms with Gasteiger partial charge in [0, 0.05) is 36.8 Å². The van der Waals surface area contributed by atoms with Crippen LogP contribution in [0.15, 0.2) is 65.7 Å². The first-order chi connectivity index (χ1) is 14.0. The van der Waals surface area contributed by atoms with Crippen LogP contribution in [-0.4, -0.2) is 43.0 Å². The van der Waals surface area contributed by atoms with Crippen molar-refractivity contribution in [1.82, 2.24) is 14.6 Å². The Labute approximate surface area is 171 Å². The number of piperidine rings is 1. The van der Waals surface area contributed by atoms with Crippen LogP contribution in [0.3, 0.4) is 0 Å². The second kappa shape index (κ2) is 8.49. The van der Waals surface area contributed by atoms with E-state index < -0.39 is 10.0 Å². The van der Waals surface area contributed by atoms with E-state index in [0.29, 0.717) is 24.4 Å². The van der Waals surface area contributed by atoms with E-state index in [1.165, 1.54) is 0 Å². The van der Waals surface area contributed by atoms with E-state index in [2.05, 4.69) is 14.6 Å². The fourth-order valence-electron chi connectivity index (χ4n) is 3.95. The lowest BCUT2D eigenvalue weighted by molar-refractivity contribution is 0.167. The summed E-state index contributed by atoms with van der Waals surface area (Å²) in [6.07, 6.45) is 3.60. The van der Waals surface area contributed by atoms with E-state index in [4.69, 9.17) is 0 Å². The molecule has 0 unspecified atom stereocenters. The van der Waals surface area contributed by atoms with Gasteiger partial charge in [-0.2, -0.15) is 0 Å². The maximum absolute atomic E-state index is 12.9. The van der Waals surface area contributed by atoms with Crippen molar-refractivity contribution >= 4 is 20.9 Å². The number of nitrogens with one attached hydrogen (secondary N) is 1. The third-order valence-corrected chi connectivity index (χ3v) is 6.89. The van der Waals surface area contributed by atoms with Gasteiger partial charge in [-0.25, -0.2) is 13.1 Å². The van der Waals surface area contributed by atoms with Crippen LogP contribution < -0.4 is 4.72 Å². The smallest absolute Gasteiger partial charge is 0.242 e. The molecule has 29 heavy (non-hydrogen) atoms. The zero-order valence-electron chi connectivity index (χ0n) is 16.2. The molecule has 1 aliphatic rings. The highest BCUT2D eigenvalue weighted by atomic mass is 32.2. The van der Waals surface area contributed by atoms with Crippen LogP contribution in [0.5, 0.6) is 5.75 Å². The van der Waals surface area contributed by atoms with Gasteiger partial charge in [0.1, 0.15) is 10.6 Å². The summed E-state index contributed by atoms with van der Waals surface area (Å²) in [6.45, 7) is 2.81. The number of aromatic nitrogens is 1. The Bertz CT molecular complexity index is 1100. The predicted molar refractivity (Wildman–Crippen MR) is 113 cm³/mol. The number of hydrogen-bond donors (Lipinski definition) is 2. The second-order valence-corrected chi connectivity index (χ2v) is 9.29. The fraction of sp³-hybridized carbons (Fsp3) is 0.318. The molecule has 152 valence electrons. The molecule has 6 nitrogen and oxygen atoms in total. The van der Waals surface area contributed by atoms with Crippen LogP contribution in [0, 0.1) is 5.92 Å². The Morgan fingerprint density at radius 2 is 1.93 bits per heavy atom. The van der Waals surface area contributed by atoms with Crippen LogP contribution in [0.2, 0.25) is 0 Å². The minimum Gasteiger partial charge on any atom is -0.508 e. The summed E-state index contributed by atoms with van der Waals surface area (Å²) in [7, 11) is -3.64. The summed E-state index contributed by atoms with van der Waals surface area (Å²) in [5, 5.41) is 10.8. The molecule has 0 amide bonds. The van der Waals surface area contributed by atoms with Crippen molar-refractivity contribution in [3.8, 4) is 5.75 Å². The van der Waals surface area contributed by atoms with Crippen molar-refractivity contribution in [2.24, 2.45) is 5.92 Å². The van der Waals surface area contributed by atoms with Gasteiger partial charge in [-0.05, 0) is 43.5 Å². The molecule has 1 aromatic heterocycles. The van der Waals surface area contributed by atoms with Gasteiger partial charge in [0.25, 0.3) is 0 Å². The van der Waals surface area contributed by atoms with Crippen LogP contribution in [0.4, 0.5) is 0 Å².